The van der Waals surface area contributed by atoms with Crippen molar-refractivity contribution in [1.29, 1.82) is 0 Å². The van der Waals surface area contributed by atoms with E-state index in [1.807, 2.05) is 6.92 Å². The van der Waals surface area contributed by atoms with Gasteiger partial charge in [0, 0.05) is 28.9 Å². The van der Waals surface area contributed by atoms with Gasteiger partial charge in [-0.2, -0.15) is 5.10 Å². The van der Waals surface area contributed by atoms with Gasteiger partial charge in [-0.1, -0.05) is 17.7 Å². The topological polar surface area (TPSA) is 57.8 Å². The van der Waals surface area contributed by atoms with Crippen LogP contribution in [0.5, 0.6) is 0 Å². The van der Waals surface area contributed by atoms with Gasteiger partial charge >= 0.3 is 0 Å². The van der Waals surface area contributed by atoms with Gasteiger partial charge in [0.2, 0.25) is 0 Å². The van der Waals surface area contributed by atoms with Crippen LogP contribution in [0, 0.1) is 6.92 Å². The van der Waals surface area contributed by atoms with Crippen molar-refractivity contribution in [2.45, 2.75) is 13.5 Å². The van der Waals surface area contributed by atoms with Crippen LogP contribution in [-0.4, -0.2) is 16.1 Å². The van der Waals surface area contributed by atoms with Gasteiger partial charge in [-0.05, 0) is 24.6 Å². The number of rotatable bonds is 3. The molecule has 88 valence electrons. The van der Waals surface area contributed by atoms with Gasteiger partial charge in [0.05, 0.1) is 6.20 Å². The lowest BCUT2D eigenvalue weighted by Crippen LogP contribution is -2.23. The van der Waals surface area contributed by atoms with E-state index in [1.54, 1.807) is 30.6 Å². The number of halogens is 1. The fraction of sp³-hybridized carbons (Fsp3) is 0.167. The largest absolute Gasteiger partial charge is 0.348 e. The first-order chi connectivity index (χ1) is 8.18. The highest BCUT2D eigenvalue weighted by Gasteiger charge is 2.10. The summed E-state index contributed by atoms with van der Waals surface area (Å²) in [5.74, 6) is -0.133. The third-order valence-electron chi connectivity index (χ3n) is 2.52. The van der Waals surface area contributed by atoms with E-state index < -0.39 is 0 Å². The molecule has 0 spiro atoms. The molecule has 0 radical (unpaired) electrons. The lowest BCUT2D eigenvalue weighted by molar-refractivity contribution is 0.0950. The van der Waals surface area contributed by atoms with E-state index in [1.165, 1.54) is 0 Å². The quantitative estimate of drug-likeness (QED) is 0.877. The van der Waals surface area contributed by atoms with Crippen LogP contribution in [0.4, 0.5) is 0 Å². The van der Waals surface area contributed by atoms with Crippen LogP contribution < -0.4 is 5.32 Å². The van der Waals surface area contributed by atoms with Crippen LogP contribution in [-0.2, 0) is 6.54 Å². The molecule has 1 heterocycles. The summed E-state index contributed by atoms with van der Waals surface area (Å²) in [5.41, 5.74) is 2.32. The summed E-state index contributed by atoms with van der Waals surface area (Å²) in [5, 5.41) is 9.91. The summed E-state index contributed by atoms with van der Waals surface area (Å²) >= 11 is 5.96. The average molecular weight is 250 g/mol. The van der Waals surface area contributed by atoms with Gasteiger partial charge in [-0.3, -0.25) is 9.89 Å². The monoisotopic (exact) mass is 249 g/mol. The van der Waals surface area contributed by atoms with E-state index in [0.717, 1.165) is 11.1 Å². The van der Waals surface area contributed by atoms with Gasteiger partial charge in [0.25, 0.3) is 5.91 Å². The van der Waals surface area contributed by atoms with E-state index in [-0.39, 0.29) is 5.91 Å². The summed E-state index contributed by atoms with van der Waals surface area (Å²) in [7, 11) is 0. The Balaban J connectivity index is 2.07. The number of aromatic amines is 1. The molecule has 17 heavy (non-hydrogen) atoms. The minimum Gasteiger partial charge on any atom is -0.348 e. The highest BCUT2D eigenvalue weighted by molar-refractivity contribution is 6.31. The van der Waals surface area contributed by atoms with Crippen molar-refractivity contribution in [3.63, 3.8) is 0 Å². The smallest absolute Gasteiger partial charge is 0.251 e. The van der Waals surface area contributed by atoms with E-state index in [2.05, 4.69) is 15.5 Å². The van der Waals surface area contributed by atoms with Crippen LogP contribution >= 0.6 is 11.6 Å². The molecule has 5 heteroatoms. The zero-order chi connectivity index (χ0) is 12.3. The van der Waals surface area contributed by atoms with E-state index in [9.17, 15) is 4.79 Å². The molecule has 0 saturated carbocycles. The number of carbonyl (C=O) groups is 1. The van der Waals surface area contributed by atoms with Gasteiger partial charge in [0.15, 0.2) is 0 Å². The van der Waals surface area contributed by atoms with Gasteiger partial charge < -0.3 is 5.32 Å². The summed E-state index contributed by atoms with van der Waals surface area (Å²) in [6.45, 7) is 2.27. The molecule has 0 unspecified atom stereocenters. The highest BCUT2D eigenvalue weighted by Crippen LogP contribution is 2.18. The third kappa shape index (κ3) is 2.65. The third-order valence-corrected chi connectivity index (χ3v) is 2.93. The second kappa shape index (κ2) is 5.01. The molecule has 0 aliphatic heterocycles. The Morgan fingerprint density at radius 2 is 2.35 bits per heavy atom. The van der Waals surface area contributed by atoms with Crippen molar-refractivity contribution in [1.82, 2.24) is 15.5 Å². The van der Waals surface area contributed by atoms with Crippen LogP contribution in [0.15, 0.2) is 30.6 Å². The van der Waals surface area contributed by atoms with Crippen molar-refractivity contribution in [3.8, 4) is 0 Å². The Kier molecular flexibility index (Phi) is 3.44. The van der Waals surface area contributed by atoms with Crippen molar-refractivity contribution < 1.29 is 4.79 Å². The van der Waals surface area contributed by atoms with Crippen molar-refractivity contribution >= 4 is 17.5 Å². The lowest BCUT2D eigenvalue weighted by Gasteiger charge is -2.07. The maximum Gasteiger partial charge on any atom is 0.251 e. The van der Waals surface area contributed by atoms with E-state index in [4.69, 9.17) is 11.6 Å². The Labute approximate surface area is 104 Å². The Bertz CT molecular complexity index is 523. The number of nitrogens with zero attached hydrogens (tertiary/aromatic N) is 1. The number of benzene rings is 1. The van der Waals surface area contributed by atoms with E-state index in [0.29, 0.717) is 17.1 Å². The van der Waals surface area contributed by atoms with Gasteiger partial charge in [0.1, 0.15) is 0 Å². The van der Waals surface area contributed by atoms with Crippen molar-refractivity contribution in [2.24, 2.45) is 0 Å². The van der Waals surface area contributed by atoms with Crippen LogP contribution in [0.25, 0.3) is 0 Å². The fourth-order valence-electron chi connectivity index (χ4n) is 1.51. The van der Waals surface area contributed by atoms with E-state index >= 15 is 0 Å². The summed E-state index contributed by atoms with van der Waals surface area (Å²) in [4.78, 5) is 11.9. The van der Waals surface area contributed by atoms with Crippen molar-refractivity contribution in [2.75, 3.05) is 0 Å². The average Bonchev–Trinajstić information content (AvgIpc) is 2.82. The number of carbonyl (C=O) groups excluding carboxylic acids is 1. The standard InChI is InChI=1S/C12H12ClN3O/c1-8-10(3-2-4-11(8)13)12(17)14-5-9-6-15-16-7-9/h2-4,6-7H,5H2,1H3,(H,14,17)(H,15,16). The summed E-state index contributed by atoms with van der Waals surface area (Å²) in [6, 6.07) is 5.29. The molecule has 0 fully saturated rings. The molecule has 0 aliphatic rings. The zero-order valence-corrected chi connectivity index (χ0v) is 10.1. The van der Waals surface area contributed by atoms with Crippen LogP contribution in [0.1, 0.15) is 21.5 Å². The first-order valence-corrected chi connectivity index (χ1v) is 5.57. The highest BCUT2D eigenvalue weighted by atomic mass is 35.5. The maximum atomic E-state index is 11.9. The molecule has 2 N–H and O–H groups in total. The number of hydrogen-bond donors (Lipinski definition) is 2. The molecule has 0 aliphatic carbocycles. The first-order valence-electron chi connectivity index (χ1n) is 5.19. The zero-order valence-electron chi connectivity index (χ0n) is 9.33. The Hall–Kier alpha value is -1.81. The summed E-state index contributed by atoms with van der Waals surface area (Å²) < 4.78 is 0. The minimum absolute atomic E-state index is 0.133. The SMILES string of the molecule is Cc1c(Cl)cccc1C(=O)NCc1cn[nH]c1. The molecule has 1 aromatic heterocycles. The molecule has 2 rings (SSSR count). The van der Waals surface area contributed by atoms with Crippen LogP contribution in [0.2, 0.25) is 5.02 Å². The number of aromatic nitrogens is 2. The number of amides is 1. The minimum atomic E-state index is -0.133. The molecule has 1 aromatic carbocycles. The fourth-order valence-corrected chi connectivity index (χ4v) is 1.68. The first kappa shape index (κ1) is 11.7. The van der Waals surface area contributed by atoms with Gasteiger partial charge in [-0.15, -0.1) is 0 Å². The Morgan fingerprint density at radius 3 is 3.06 bits per heavy atom. The van der Waals surface area contributed by atoms with Crippen molar-refractivity contribution in [3.05, 3.63) is 52.3 Å². The second-order valence-corrected chi connectivity index (χ2v) is 4.11. The normalized spacial score (nSPS) is 10.2. The molecule has 1 amide bonds. The van der Waals surface area contributed by atoms with Crippen LogP contribution in [0.3, 0.4) is 0 Å². The molecule has 0 bridgehead atoms. The molecule has 4 nitrogen and oxygen atoms in total. The number of H-pyrrole nitrogens is 1. The molecule has 2 aromatic rings. The number of nitrogens with one attached hydrogen (secondary N) is 2. The molecule has 0 atom stereocenters. The maximum absolute atomic E-state index is 11.9. The predicted molar refractivity (Wildman–Crippen MR) is 65.9 cm³/mol. The second-order valence-electron chi connectivity index (χ2n) is 3.70. The lowest BCUT2D eigenvalue weighted by atomic mass is 10.1. The molecule has 0 saturated heterocycles. The Morgan fingerprint density at radius 1 is 1.53 bits per heavy atom. The molecular formula is C12H12ClN3O. The summed E-state index contributed by atoms with van der Waals surface area (Å²) in [6.07, 6.45) is 3.41. The van der Waals surface area contributed by atoms with Gasteiger partial charge in [-0.25, -0.2) is 0 Å². The molecular weight excluding hydrogens is 238 g/mol. The number of hydrogen-bond acceptors (Lipinski definition) is 2. The predicted octanol–water partition coefficient (Wildman–Crippen LogP) is 2.30.